The molecule has 1 atom stereocenters. The summed E-state index contributed by atoms with van der Waals surface area (Å²) in [5, 5.41) is 21.1. The van der Waals surface area contributed by atoms with Crippen LogP contribution in [0.3, 0.4) is 0 Å². The highest BCUT2D eigenvalue weighted by molar-refractivity contribution is 6.12. The fraction of sp³-hybridized carbons (Fsp3) is 0.370. The van der Waals surface area contributed by atoms with Crippen LogP contribution < -0.4 is 10.9 Å². The average Bonchev–Trinajstić information content (AvgIpc) is 2.78. The smallest absolute Gasteiger partial charge is 0.408 e. The molecule has 7 heteroatoms. The number of carbonyl (C=O) groups is 2. The summed E-state index contributed by atoms with van der Waals surface area (Å²) < 4.78 is 5.35. The number of carbonyl (C=O) groups excluding carboxylic acids is 1. The Balaban J connectivity index is 2.17. The third-order valence-corrected chi connectivity index (χ3v) is 5.64. The van der Waals surface area contributed by atoms with Crippen molar-refractivity contribution in [2.45, 2.75) is 65.7 Å². The van der Waals surface area contributed by atoms with Crippen molar-refractivity contribution in [1.82, 2.24) is 5.32 Å². The highest BCUT2D eigenvalue weighted by Crippen LogP contribution is 2.26. The molecule has 0 aliphatic carbocycles. The molecule has 0 radical (unpaired) electrons. The summed E-state index contributed by atoms with van der Waals surface area (Å²) in [6.07, 6.45) is 7.87. The van der Waals surface area contributed by atoms with Crippen molar-refractivity contribution in [2.75, 3.05) is 0 Å². The Morgan fingerprint density at radius 3 is 2.59 bits per heavy atom. The van der Waals surface area contributed by atoms with E-state index in [1.807, 2.05) is 26.0 Å². The molecule has 1 aromatic heterocycles. The van der Waals surface area contributed by atoms with Gasteiger partial charge in [-0.25, -0.2) is 9.59 Å². The van der Waals surface area contributed by atoms with Crippen LogP contribution in [-0.4, -0.2) is 22.1 Å². The lowest BCUT2D eigenvalue weighted by molar-refractivity contribution is 0.102. The maximum absolute atomic E-state index is 12.9. The van der Waals surface area contributed by atoms with E-state index in [4.69, 9.17) is 9.52 Å². The van der Waals surface area contributed by atoms with Crippen LogP contribution in [0.15, 0.2) is 51.3 Å². The standard InChI is InChI=1S/C27H33NO6/c1-5-6-10-20-11-12-21(18(3)14-20)15-19(4)25(30)24-22(29)16-23(34-26(24)31)17(2)9-7-8-13-28-27(32)33/h8,11-17,28-29H,5-7,9-10H2,1-4H3,(H,32,33)/b13-8+,19-15?. The van der Waals surface area contributed by atoms with Crippen LogP contribution in [0.4, 0.5) is 4.79 Å². The molecule has 0 saturated heterocycles. The van der Waals surface area contributed by atoms with Crippen molar-refractivity contribution in [1.29, 1.82) is 0 Å². The summed E-state index contributed by atoms with van der Waals surface area (Å²) in [5.41, 5.74) is 2.22. The first kappa shape index (κ1) is 26.6. The quantitative estimate of drug-likeness (QED) is 0.278. The summed E-state index contributed by atoms with van der Waals surface area (Å²) in [6.45, 7) is 7.56. The molecular weight excluding hydrogens is 434 g/mol. The van der Waals surface area contributed by atoms with Gasteiger partial charge in [-0.05, 0) is 67.9 Å². The molecule has 2 aromatic rings. The number of nitrogens with one attached hydrogen (secondary N) is 1. The Bertz CT molecular complexity index is 1140. The number of benzene rings is 1. The molecule has 34 heavy (non-hydrogen) atoms. The van der Waals surface area contributed by atoms with Gasteiger partial charge in [-0.3, -0.25) is 10.1 Å². The normalized spacial score (nSPS) is 12.6. The second kappa shape index (κ2) is 12.6. The molecule has 0 aliphatic heterocycles. The lowest BCUT2D eigenvalue weighted by Crippen LogP contribution is -2.16. The third kappa shape index (κ3) is 7.47. The highest BCUT2D eigenvalue weighted by Gasteiger charge is 2.22. The predicted molar refractivity (Wildman–Crippen MR) is 132 cm³/mol. The SMILES string of the molecule is CCCCc1ccc(C=C(C)C(=O)c2c(O)cc(C(C)CC/C=C/NC(=O)O)oc2=O)c(C)c1. The second-order valence-corrected chi connectivity index (χ2v) is 8.48. The van der Waals surface area contributed by atoms with Gasteiger partial charge in [0.2, 0.25) is 0 Å². The predicted octanol–water partition coefficient (Wildman–Crippen LogP) is 5.95. The number of carboxylic acid groups (broad SMARTS) is 1. The topological polar surface area (TPSA) is 117 Å². The summed E-state index contributed by atoms with van der Waals surface area (Å²) >= 11 is 0. The number of Topliss-reactive ketones (excluding diaryl/α,β-unsaturated/α-hetero) is 1. The maximum Gasteiger partial charge on any atom is 0.408 e. The van der Waals surface area contributed by atoms with E-state index >= 15 is 0 Å². The minimum absolute atomic E-state index is 0.220. The van der Waals surface area contributed by atoms with Gasteiger partial charge >= 0.3 is 11.7 Å². The average molecular weight is 468 g/mol. The van der Waals surface area contributed by atoms with Gasteiger partial charge in [0.05, 0.1) is 0 Å². The molecule has 3 N–H and O–H groups in total. The molecule has 0 spiro atoms. The molecule has 1 unspecified atom stereocenters. The Kier molecular flexibility index (Phi) is 9.86. The van der Waals surface area contributed by atoms with Gasteiger partial charge < -0.3 is 14.6 Å². The molecule has 0 fully saturated rings. The molecule has 2 rings (SSSR count). The van der Waals surface area contributed by atoms with Crippen LogP contribution in [0.25, 0.3) is 6.08 Å². The van der Waals surface area contributed by atoms with Crippen LogP contribution in [-0.2, 0) is 6.42 Å². The molecule has 182 valence electrons. The fourth-order valence-corrected chi connectivity index (χ4v) is 3.59. The van der Waals surface area contributed by atoms with Gasteiger partial charge in [0.1, 0.15) is 17.1 Å². The summed E-state index contributed by atoms with van der Waals surface area (Å²) in [7, 11) is 0. The number of ketones is 1. The van der Waals surface area contributed by atoms with E-state index in [-0.39, 0.29) is 17.2 Å². The Morgan fingerprint density at radius 2 is 1.97 bits per heavy atom. The Hall–Kier alpha value is -3.61. The molecule has 0 bridgehead atoms. The fourth-order valence-electron chi connectivity index (χ4n) is 3.59. The zero-order valence-corrected chi connectivity index (χ0v) is 20.2. The van der Waals surface area contributed by atoms with Crippen molar-refractivity contribution < 1.29 is 24.2 Å². The van der Waals surface area contributed by atoms with Crippen LogP contribution in [0.1, 0.15) is 85.2 Å². The van der Waals surface area contributed by atoms with Crippen LogP contribution >= 0.6 is 0 Å². The summed E-state index contributed by atoms with van der Waals surface area (Å²) in [5.74, 6) is -0.949. The lowest BCUT2D eigenvalue weighted by atomic mass is 9.97. The van der Waals surface area contributed by atoms with Gasteiger partial charge in [-0.15, -0.1) is 0 Å². The van der Waals surface area contributed by atoms with Crippen molar-refractivity contribution in [3.8, 4) is 5.75 Å². The van der Waals surface area contributed by atoms with Crippen LogP contribution in [0.2, 0.25) is 0 Å². The first-order chi connectivity index (χ1) is 16.1. The van der Waals surface area contributed by atoms with Crippen molar-refractivity contribution >= 4 is 18.0 Å². The second-order valence-electron chi connectivity index (χ2n) is 8.48. The Labute approximate surface area is 199 Å². The maximum atomic E-state index is 12.9. The molecular formula is C27H33NO6. The molecule has 0 aliphatic rings. The first-order valence-corrected chi connectivity index (χ1v) is 11.5. The number of allylic oxidation sites excluding steroid dienone is 2. The number of hydrogen-bond acceptors (Lipinski definition) is 5. The van der Waals surface area contributed by atoms with E-state index in [0.29, 0.717) is 18.4 Å². The van der Waals surface area contributed by atoms with E-state index < -0.39 is 23.3 Å². The van der Waals surface area contributed by atoms with Gasteiger partial charge in [-0.2, -0.15) is 0 Å². The highest BCUT2D eigenvalue weighted by atomic mass is 16.4. The number of rotatable bonds is 11. The molecule has 1 aromatic carbocycles. The molecule has 7 nitrogen and oxygen atoms in total. The van der Waals surface area contributed by atoms with Crippen LogP contribution in [0, 0.1) is 6.92 Å². The number of hydrogen-bond donors (Lipinski definition) is 3. The number of aromatic hydroxyl groups is 1. The van der Waals surface area contributed by atoms with E-state index in [9.17, 15) is 19.5 Å². The monoisotopic (exact) mass is 467 g/mol. The van der Waals surface area contributed by atoms with E-state index in [0.717, 1.165) is 30.4 Å². The van der Waals surface area contributed by atoms with Gasteiger partial charge in [0, 0.05) is 18.2 Å². The van der Waals surface area contributed by atoms with Crippen molar-refractivity contribution in [3.05, 3.63) is 80.5 Å². The zero-order valence-electron chi connectivity index (χ0n) is 20.2. The molecule has 1 heterocycles. The molecule has 1 amide bonds. The third-order valence-electron chi connectivity index (χ3n) is 5.64. The Morgan fingerprint density at radius 1 is 1.24 bits per heavy atom. The number of unbranched alkanes of at least 4 members (excludes halogenated alkanes) is 1. The number of aryl methyl sites for hydroxylation is 2. The van der Waals surface area contributed by atoms with E-state index in [2.05, 4.69) is 18.3 Å². The largest absolute Gasteiger partial charge is 0.507 e. The van der Waals surface area contributed by atoms with Gasteiger partial charge in [-0.1, -0.05) is 44.5 Å². The minimum atomic E-state index is -1.15. The zero-order chi connectivity index (χ0) is 25.3. The van der Waals surface area contributed by atoms with Crippen molar-refractivity contribution in [2.24, 2.45) is 0 Å². The molecule has 0 saturated carbocycles. The van der Waals surface area contributed by atoms with E-state index in [1.165, 1.54) is 17.8 Å². The van der Waals surface area contributed by atoms with Crippen molar-refractivity contribution in [3.63, 3.8) is 0 Å². The first-order valence-electron chi connectivity index (χ1n) is 11.5. The van der Waals surface area contributed by atoms with Gasteiger partial charge in [0.15, 0.2) is 5.78 Å². The summed E-state index contributed by atoms with van der Waals surface area (Å²) in [6, 6.07) is 7.42. The van der Waals surface area contributed by atoms with E-state index in [1.54, 1.807) is 19.1 Å². The van der Waals surface area contributed by atoms with Gasteiger partial charge in [0.25, 0.3) is 0 Å². The number of amides is 1. The van der Waals surface area contributed by atoms with Crippen LogP contribution in [0.5, 0.6) is 5.75 Å². The lowest BCUT2D eigenvalue weighted by Gasteiger charge is -2.11. The summed E-state index contributed by atoms with van der Waals surface area (Å²) in [4.78, 5) is 35.9. The minimum Gasteiger partial charge on any atom is -0.507 e.